The highest BCUT2D eigenvalue weighted by atomic mass is 127. The predicted molar refractivity (Wildman–Crippen MR) is 132 cm³/mol. The summed E-state index contributed by atoms with van der Waals surface area (Å²) in [7, 11) is 0. The minimum absolute atomic E-state index is 0. The molecule has 2 rings (SSSR count). The predicted octanol–water partition coefficient (Wildman–Crippen LogP) is 5.26. The number of hydrogen-bond acceptors (Lipinski definition) is 2. The number of rotatable bonds is 7. The number of amides is 1. The van der Waals surface area contributed by atoms with Crippen LogP contribution < -0.4 is 11.1 Å². The van der Waals surface area contributed by atoms with Crippen molar-refractivity contribution in [1.82, 2.24) is 10.2 Å². The number of halogens is 3. The Morgan fingerprint density at radius 3 is 2.31 bits per heavy atom. The second-order valence-corrected chi connectivity index (χ2v) is 7.25. The molecular formula is C21H27Cl2IN4O. The smallest absolute Gasteiger partial charge is 0.253 e. The van der Waals surface area contributed by atoms with E-state index in [0.29, 0.717) is 41.2 Å². The van der Waals surface area contributed by atoms with E-state index >= 15 is 0 Å². The summed E-state index contributed by atoms with van der Waals surface area (Å²) in [6.45, 7) is 7.69. The van der Waals surface area contributed by atoms with Crippen LogP contribution in [0.4, 0.5) is 0 Å². The third kappa shape index (κ3) is 7.35. The molecule has 2 aromatic carbocycles. The summed E-state index contributed by atoms with van der Waals surface area (Å²) in [6, 6.07) is 12.7. The molecule has 0 heterocycles. The van der Waals surface area contributed by atoms with Crippen LogP contribution in [0.2, 0.25) is 10.0 Å². The van der Waals surface area contributed by atoms with Crippen molar-refractivity contribution in [2.75, 3.05) is 13.1 Å². The molecule has 0 saturated heterocycles. The van der Waals surface area contributed by atoms with Crippen molar-refractivity contribution in [3.63, 3.8) is 0 Å². The van der Waals surface area contributed by atoms with Gasteiger partial charge in [0.15, 0.2) is 5.96 Å². The SMILES string of the molecule is CCN(CC)C(=O)c1ccc(CN=C(N)NC(C)c2ccc(Cl)cc2Cl)cc1.I. The van der Waals surface area contributed by atoms with Crippen LogP contribution in [0, 0.1) is 0 Å². The summed E-state index contributed by atoms with van der Waals surface area (Å²) in [6.07, 6.45) is 0. The van der Waals surface area contributed by atoms with Crippen molar-refractivity contribution in [3.05, 3.63) is 69.2 Å². The standard InChI is InChI=1S/C21H26Cl2N4O.HI/c1-4-27(5-2)20(28)16-8-6-15(7-9-16)13-25-21(24)26-14(3)18-11-10-17(22)12-19(18)23;/h6-12,14H,4-5,13H2,1-3H3,(H3,24,25,26);1H. The molecule has 0 aliphatic carbocycles. The summed E-state index contributed by atoms with van der Waals surface area (Å²) in [5.74, 6) is 0.358. The largest absolute Gasteiger partial charge is 0.370 e. The normalized spacial score (nSPS) is 12.1. The molecule has 0 aliphatic heterocycles. The van der Waals surface area contributed by atoms with Crippen LogP contribution in [-0.2, 0) is 6.54 Å². The van der Waals surface area contributed by atoms with Gasteiger partial charge in [0.05, 0.1) is 12.6 Å². The fraction of sp³-hybridized carbons (Fsp3) is 0.333. The molecule has 8 heteroatoms. The van der Waals surface area contributed by atoms with E-state index in [4.69, 9.17) is 28.9 Å². The molecule has 1 atom stereocenters. The molecule has 0 aromatic heterocycles. The highest BCUT2D eigenvalue weighted by molar-refractivity contribution is 14.0. The average molecular weight is 549 g/mol. The van der Waals surface area contributed by atoms with Gasteiger partial charge < -0.3 is 16.0 Å². The average Bonchev–Trinajstić information content (AvgIpc) is 2.67. The van der Waals surface area contributed by atoms with E-state index in [2.05, 4.69) is 10.3 Å². The third-order valence-electron chi connectivity index (χ3n) is 4.48. The summed E-state index contributed by atoms with van der Waals surface area (Å²) >= 11 is 12.2. The Morgan fingerprint density at radius 1 is 1.14 bits per heavy atom. The summed E-state index contributed by atoms with van der Waals surface area (Å²) in [5, 5.41) is 4.29. The lowest BCUT2D eigenvalue weighted by Crippen LogP contribution is -2.34. The number of carbonyl (C=O) groups excluding carboxylic acids is 1. The molecule has 0 aliphatic rings. The summed E-state index contributed by atoms with van der Waals surface area (Å²) in [5.41, 5.74) is 8.54. The van der Waals surface area contributed by atoms with Gasteiger partial charge in [0, 0.05) is 28.7 Å². The zero-order valence-electron chi connectivity index (χ0n) is 16.8. The highest BCUT2D eigenvalue weighted by Gasteiger charge is 2.12. The van der Waals surface area contributed by atoms with Crippen molar-refractivity contribution in [1.29, 1.82) is 0 Å². The van der Waals surface area contributed by atoms with Crippen LogP contribution in [0.15, 0.2) is 47.5 Å². The number of aliphatic imine (C=N–C) groups is 1. The molecule has 0 saturated carbocycles. The molecule has 5 nitrogen and oxygen atoms in total. The van der Waals surface area contributed by atoms with E-state index in [1.807, 2.05) is 51.1 Å². The molecular weight excluding hydrogens is 522 g/mol. The zero-order valence-corrected chi connectivity index (χ0v) is 20.6. The van der Waals surface area contributed by atoms with Gasteiger partial charge in [-0.15, -0.1) is 24.0 Å². The van der Waals surface area contributed by atoms with Gasteiger partial charge in [-0.3, -0.25) is 4.79 Å². The van der Waals surface area contributed by atoms with Gasteiger partial charge in [-0.25, -0.2) is 4.99 Å². The molecule has 1 amide bonds. The van der Waals surface area contributed by atoms with E-state index in [9.17, 15) is 4.79 Å². The monoisotopic (exact) mass is 548 g/mol. The third-order valence-corrected chi connectivity index (χ3v) is 5.04. The van der Waals surface area contributed by atoms with E-state index in [-0.39, 0.29) is 35.9 Å². The van der Waals surface area contributed by atoms with Gasteiger partial charge in [0.1, 0.15) is 0 Å². The van der Waals surface area contributed by atoms with Crippen LogP contribution in [-0.4, -0.2) is 29.9 Å². The fourth-order valence-electron chi connectivity index (χ4n) is 2.82. The number of nitrogens with two attached hydrogens (primary N) is 1. The fourth-order valence-corrected chi connectivity index (χ4v) is 3.39. The van der Waals surface area contributed by atoms with Crippen molar-refractivity contribution in [2.45, 2.75) is 33.4 Å². The second-order valence-electron chi connectivity index (χ2n) is 6.41. The van der Waals surface area contributed by atoms with Crippen LogP contribution in [0.25, 0.3) is 0 Å². The highest BCUT2D eigenvalue weighted by Crippen LogP contribution is 2.25. The second kappa shape index (κ2) is 12.2. The maximum absolute atomic E-state index is 12.3. The lowest BCUT2D eigenvalue weighted by Gasteiger charge is -2.18. The Labute approximate surface area is 199 Å². The minimum Gasteiger partial charge on any atom is -0.370 e. The maximum Gasteiger partial charge on any atom is 0.253 e. The lowest BCUT2D eigenvalue weighted by atomic mass is 10.1. The first-order valence-electron chi connectivity index (χ1n) is 9.25. The minimum atomic E-state index is -0.109. The van der Waals surface area contributed by atoms with Crippen molar-refractivity contribution in [3.8, 4) is 0 Å². The maximum atomic E-state index is 12.3. The van der Waals surface area contributed by atoms with E-state index in [1.165, 1.54) is 0 Å². The van der Waals surface area contributed by atoms with E-state index in [1.54, 1.807) is 17.0 Å². The molecule has 158 valence electrons. The Balaban J connectivity index is 0.00000420. The number of nitrogens with zero attached hydrogens (tertiary/aromatic N) is 2. The zero-order chi connectivity index (χ0) is 20.7. The number of nitrogens with one attached hydrogen (secondary N) is 1. The van der Waals surface area contributed by atoms with Crippen LogP contribution in [0.1, 0.15) is 48.3 Å². The number of benzene rings is 2. The Bertz CT molecular complexity index is 839. The van der Waals surface area contributed by atoms with Gasteiger partial charge in [-0.2, -0.15) is 0 Å². The number of hydrogen-bond donors (Lipinski definition) is 2. The summed E-state index contributed by atoms with van der Waals surface area (Å²) < 4.78 is 0. The molecule has 0 bridgehead atoms. The first-order chi connectivity index (χ1) is 13.3. The van der Waals surface area contributed by atoms with Gasteiger partial charge in [0.25, 0.3) is 5.91 Å². The number of guanidine groups is 1. The van der Waals surface area contributed by atoms with Gasteiger partial charge >= 0.3 is 0 Å². The molecule has 1 unspecified atom stereocenters. The number of carbonyl (C=O) groups is 1. The summed E-state index contributed by atoms with van der Waals surface area (Å²) in [4.78, 5) is 18.5. The van der Waals surface area contributed by atoms with Crippen LogP contribution >= 0.6 is 47.2 Å². The quantitative estimate of drug-likeness (QED) is 0.282. The Morgan fingerprint density at radius 2 is 1.76 bits per heavy atom. The Hall–Kier alpha value is -1.51. The topological polar surface area (TPSA) is 70.7 Å². The molecule has 3 N–H and O–H groups in total. The lowest BCUT2D eigenvalue weighted by molar-refractivity contribution is 0.0773. The van der Waals surface area contributed by atoms with E-state index < -0.39 is 0 Å². The van der Waals surface area contributed by atoms with Crippen molar-refractivity contribution in [2.24, 2.45) is 10.7 Å². The van der Waals surface area contributed by atoms with E-state index in [0.717, 1.165) is 11.1 Å². The van der Waals surface area contributed by atoms with Gasteiger partial charge in [0.2, 0.25) is 0 Å². The van der Waals surface area contributed by atoms with Gasteiger partial charge in [-0.05, 0) is 56.2 Å². The Kier molecular flexibility index (Phi) is 10.8. The first-order valence-corrected chi connectivity index (χ1v) is 10.0. The van der Waals surface area contributed by atoms with Crippen molar-refractivity contribution >= 4 is 59.0 Å². The van der Waals surface area contributed by atoms with Crippen LogP contribution in [0.3, 0.4) is 0 Å². The van der Waals surface area contributed by atoms with Crippen molar-refractivity contribution < 1.29 is 4.79 Å². The molecule has 29 heavy (non-hydrogen) atoms. The molecule has 0 radical (unpaired) electrons. The molecule has 0 spiro atoms. The molecule has 2 aromatic rings. The van der Waals surface area contributed by atoms with Gasteiger partial charge in [-0.1, -0.05) is 41.4 Å². The first kappa shape index (κ1) is 25.5. The van der Waals surface area contributed by atoms with Crippen LogP contribution in [0.5, 0.6) is 0 Å². The molecule has 0 fully saturated rings.